The number of benzene rings is 2. The van der Waals surface area contributed by atoms with Gasteiger partial charge in [0.05, 0.1) is 32.0 Å². The zero-order chi connectivity index (χ0) is 41.8. The second kappa shape index (κ2) is 18.0. The Morgan fingerprint density at radius 2 is 1.75 bits per heavy atom. The molecule has 59 heavy (non-hydrogen) atoms. The molecule has 2 fully saturated rings. The topological polar surface area (TPSA) is 183 Å². The quantitative estimate of drug-likeness (QED) is 0.0769. The third-order valence-electron chi connectivity index (χ3n) is 11.4. The number of piperidine rings is 1. The van der Waals surface area contributed by atoms with Crippen LogP contribution in [0.1, 0.15) is 119 Å². The summed E-state index contributed by atoms with van der Waals surface area (Å²) in [4.78, 5) is 76.2. The average Bonchev–Trinajstić information content (AvgIpc) is 3.73. The summed E-state index contributed by atoms with van der Waals surface area (Å²) in [5.41, 5.74) is 2.97. The lowest BCUT2D eigenvalue weighted by atomic mass is 9.82. The van der Waals surface area contributed by atoms with Gasteiger partial charge in [-0.2, -0.15) is 0 Å². The summed E-state index contributed by atoms with van der Waals surface area (Å²) in [6.45, 7) is 8.99. The van der Waals surface area contributed by atoms with Crippen LogP contribution < -0.4 is 16.0 Å². The number of amides is 5. The lowest BCUT2D eigenvalue weighted by Crippen LogP contribution is -2.54. The van der Waals surface area contributed by atoms with Gasteiger partial charge in [0.25, 0.3) is 17.7 Å². The predicted molar refractivity (Wildman–Crippen MR) is 226 cm³/mol. The molecule has 2 aromatic heterocycles. The Morgan fingerprint density at radius 1 is 0.983 bits per heavy atom. The number of pyridine rings is 1. The Labute approximate surface area is 348 Å². The van der Waals surface area contributed by atoms with Crippen molar-refractivity contribution in [3.63, 3.8) is 0 Å². The Morgan fingerprint density at radius 3 is 2.49 bits per heavy atom. The Hall–Kier alpha value is -5.09. The largest absolute Gasteiger partial charge is 0.386 e. The fourth-order valence-electron chi connectivity index (χ4n) is 8.35. The number of ether oxygens (including phenoxy) is 1. The molecule has 312 valence electrons. The van der Waals surface area contributed by atoms with Crippen molar-refractivity contribution in [3.05, 3.63) is 81.6 Å². The number of aliphatic hydroxyl groups is 1. The summed E-state index contributed by atoms with van der Waals surface area (Å²) in [7, 11) is 2.17. The molecule has 4 N–H and O–H groups in total. The highest BCUT2D eigenvalue weighted by Gasteiger charge is 2.45. The highest BCUT2D eigenvalue weighted by molar-refractivity contribution is 7.18. The molecule has 4 aromatic rings. The number of carbonyl (C=O) groups excluding carboxylic acids is 5. The molecular weight excluding hydrogens is 771 g/mol. The normalized spacial score (nSPS) is 19.7. The van der Waals surface area contributed by atoms with Crippen molar-refractivity contribution in [2.24, 2.45) is 5.92 Å². The van der Waals surface area contributed by atoms with E-state index in [0.717, 1.165) is 71.0 Å². The van der Waals surface area contributed by atoms with Crippen LogP contribution in [-0.4, -0.2) is 100 Å². The molecule has 7 rings (SSSR count). The van der Waals surface area contributed by atoms with Gasteiger partial charge in [0.2, 0.25) is 11.8 Å². The Kier molecular flexibility index (Phi) is 12.9. The first kappa shape index (κ1) is 42.0. The number of nitrogens with one attached hydrogen (secondary N) is 3. The lowest BCUT2D eigenvalue weighted by Gasteiger charge is -2.30. The van der Waals surface area contributed by atoms with Crippen LogP contribution in [0.4, 0.5) is 11.4 Å². The van der Waals surface area contributed by atoms with Gasteiger partial charge in [-0.3, -0.25) is 34.2 Å². The van der Waals surface area contributed by atoms with E-state index in [4.69, 9.17) is 9.72 Å². The number of anilines is 2. The van der Waals surface area contributed by atoms with Gasteiger partial charge in [0, 0.05) is 67.8 Å². The molecule has 0 bridgehead atoms. The highest BCUT2D eigenvalue weighted by atomic mass is 32.1. The van der Waals surface area contributed by atoms with E-state index in [1.165, 1.54) is 0 Å². The second-order valence-corrected chi connectivity index (χ2v) is 17.6. The smallest absolute Gasteiger partial charge is 0.274 e. The monoisotopic (exact) mass is 823 g/mol. The third kappa shape index (κ3) is 9.70. The van der Waals surface area contributed by atoms with Crippen LogP contribution in [0.25, 0.3) is 10.2 Å². The summed E-state index contributed by atoms with van der Waals surface area (Å²) in [6, 6.07) is 13.2. The van der Waals surface area contributed by atoms with E-state index in [1.807, 2.05) is 25.1 Å². The minimum atomic E-state index is -1.18. The van der Waals surface area contributed by atoms with Crippen LogP contribution in [0.3, 0.4) is 0 Å². The first-order valence-corrected chi connectivity index (χ1v) is 21.4. The van der Waals surface area contributed by atoms with Gasteiger partial charge in [0.15, 0.2) is 0 Å². The van der Waals surface area contributed by atoms with Crippen LogP contribution in [0, 0.1) is 12.8 Å². The molecule has 3 aliphatic rings. The number of thiazole rings is 1. The summed E-state index contributed by atoms with van der Waals surface area (Å²) in [6.07, 6.45) is 6.24. The maximum absolute atomic E-state index is 13.3. The zero-order valence-electron chi connectivity index (χ0n) is 34.1. The summed E-state index contributed by atoms with van der Waals surface area (Å²) < 4.78 is 6.89. The molecule has 2 aromatic carbocycles. The molecule has 14 nitrogen and oxygen atoms in total. The van der Waals surface area contributed by atoms with Crippen LogP contribution in [0.15, 0.2) is 48.5 Å². The van der Waals surface area contributed by atoms with Crippen molar-refractivity contribution in [2.45, 2.75) is 89.7 Å². The van der Waals surface area contributed by atoms with E-state index in [0.29, 0.717) is 60.6 Å². The van der Waals surface area contributed by atoms with Gasteiger partial charge < -0.3 is 25.4 Å². The maximum atomic E-state index is 13.3. The number of imide groups is 2. The Balaban J connectivity index is 0.814. The number of aryl methyl sites for hydroxylation is 1. The molecule has 4 heterocycles. The van der Waals surface area contributed by atoms with Gasteiger partial charge in [0.1, 0.15) is 11.7 Å². The molecule has 2 aliphatic heterocycles. The van der Waals surface area contributed by atoms with Gasteiger partial charge in [-0.25, -0.2) is 9.97 Å². The molecule has 1 saturated heterocycles. The fourth-order valence-corrected chi connectivity index (χ4v) is 9.51. The molecule has 0 radical (unpaired) electrons. The first-order chi connectivity index (χ1) is 28.3. The van der Waals surface area contributed by atoms with E-state index in [-0.39, 0.29) is 29.9 Å². The number of nitrogens with zero attached hydrogens (tertiary/aromatic N) is 4. The van der Waals surface area contributed by atoms with Crippen molar-refractivity contribution in [2.75, 3.05) is 50.5 Å². The SMILES string of the molecule is Cc1cccc(C(=O)Nc2cc3sc(C4CCC(CN(C)CCCOCCCNc5cccc6c5C(=O)N(C5CCC(=O)NC5=O)C6=O)CC4)nc3cc2C(C)(C)O)n1. The van der Waals surface area contributed by atoms with Crippen LogP contribution in [0.5, 0.6) is 0 Å². The average molecular weight is 824 g/mol. The van der Waals surface area contributed by atoms with Crippen molar-refractivity contribution >= 4 is 62.5 Å². The summed E-state index contributed by atoms with van der Waals surface area (Å²) >= 11 is 1.67. The third-order valence-corrected chi connectivity index (χ3v) is 12.6. The zero-order valence-corrected chi connectivity index (χ0v) is 35.0. The van der Waals surface area contributed by atoms with Crippen molar-refractivity contribution in [3.8, 4) is 0 Å². The summed E-state index contributed by atoms with van der Waals surface area (Å²) in [5, 5.41) is 20.6. The first-order valence-electron chi connectivity index (χ1n) is 20.5. The van der Waals surface area contributed by atoms with E-state index in [2.05, 4.69) is 32.9 Å². The number of fused-ring (bicyclic) bond motifs is 2. The molecule has 1 aliphatic carbocycles. The minimum Gasteiger partial charge on any atom is -0.386 e. The number of hydrogen-bond donors (Lipinski definition) is 4. The summed E-state index contributed by atoms with van der Waals surface area (Å²) in [5.74, 6) is -1.39. The van der Waals surface area contributed by atoms with E-state index in [9.17, 15) is 29.1 Å². The second-order valence-electron chi connectivity index (χ2n) is 16.5. The molecule has 1 atom stereocenters. The molecule has 1 saturated carbocycles. The molecule has 0 spiro atoms. The van der Waals surface area contributed by atoms with Crippen molar-refractivity contribution < 1.29 is 33.8 Å². The van der Waals surface area contributed by atoms with Crippen molar-refractivity contribution in [1.29, 1.82) is 0 Å². The maximum Gasteiger partial charge on any atom is 0.274 e. The molecule has 5 amide bonds. The van der Waals surface area contributed by atoms with Gasteiger partial charge in [-0.1, -0.05) is 12.1 Å². The number of rotatable bonds is 16. The van der Waals surface area contributed by atoms with Gasteiger partial charge in [-0.05, 0) is 115 Å². The minimum absolute atomic E-state index is 0.0779. The fraction of sp³-hybridized carbons (Fsp3) is 0.477. The molecule has 1 unspecified atom stereocenters. The lowest BCUT2D eigenvalue weighted by molar-refractivity contribution is -0.136. The van der Waals surface area contributed by atoms with E-state index < -0.39 is 35.3 Å². The Bertz CT molecular complexity index is 2240. The number of aromatic nitrogens is 2. The van der Waals surface area contributed by atoms with Gasteiger partial charge in [-0.15, -0.1) is 11.3 Å². The van der Waals surface area contributed by atoms with Crippen LogP contribution >= 0.6 is 11.3 Å². The van der Waals surface area contributed by atoms with Crippen molar-refractivity contribution in [1.82, 2.24) is 25.1 Å². The predicted octanol–water partition coefficient (Wildman–Crippen LogP) is 6.00. The van der Waals surface area contributed by atoms with Crippen LogP contribution in [0.2, 0.25) is 0 Å². The van der Waals surface area contributed by atoms with Gasteiger partial charge >= 0.3 is 0 Å². The number of hydrogen-bond acceptors (Lipinski definition) is 12. The molecular formula is C44H53N7O7S. The highest BCUT2D eigenvalue weighted by Crippen LogP contribution is 2.41. The molecule has 15 heteroatoms. The number of carbonyl (C=O) groups is 5. The van der Waals surface area contributed by atoms with E-state index >= 15 is 0 Å². The van der Waals surface area contributed by atoms with Crippen LogP contribution in [-0.2, 0) is 19.9 Å². The standard InChI is InChI=1S/C44H53N7O7S/c1-26-9-5-12-32(46-26)39(53)47-33-24-36-34(23-30(33)44(2,3)57)48-41(59-36)28-15-13-27(14-16-28)25-50(4)20-8-22-58-21-7-19-45-31-11-6-10-29-38(31)43(56)51(42(29)55)35-17-18-37(52)49-40(35)54/h5-6,9-12,23-24,27-28,35,45,57H,7-8,13-22,25H2,1-4H3,(H,47,53)(H,49,52,54). The van der Waals surface area contributed by atoms with E-state index in [1.54, 1.807) is 55.5 Å².